The Kier molecular flexibility index (Phi) is 5.42. The predicted octanol–water partition coefficient (Wildman–Crippen LogP) is 4.29. The lowest BCUT2D eigenvalue weighted by Gasteiger charge is -2.25. The van der Waals surface area contributed by atoms with Gasteiger partial charge in [-0.2, -0.15) is 5.10 Å². The smallest absolute Gasteiger partial charge is 0.253 e. The first kappa shape index (κ1) is 18.3. The van der Waals surface area contributed by atoms with Crippen molar-refractivity contribution in [2.24, 2.45) is 0 Å². The van der Waals surface area contributed by atoms with Crippen LogP contribution in [0.1, 0.15) is 41.1 Å². The molecule has 1 aliphatic rings. The molecule has 1 fully saturated rings. The van der Waals surface area contributed by atoms with Gasteiger partial charge in [-0.1, -0.05) is 24.6 Å². The average molecular weight is 375 g/mol. The molecule has 0 radical (unpaired) electrons. The number of nitrogens with zero attached hydrogens (tertiary/aromatic N) is 3. The summed E-state index contributed by atoms with van der Waals surface area (Å²) in [5.41, 5.74) is 2.88. The van der Waals surface area contributed by atoms with Crippen molar-refractivity contribution in [3.63, 3.8) is 0 Å². The Morgan fingerprint density at radius 2 is 1.96 bits per heavy atom. The van der Waals surface area contributed by atoms with Gasteiger partial charge in [-0.15, -0.1) is 0 Å². The van der Waals surface area contributed by atoms with E-state index in [2.05, 4.69) is 17.2 Å². The topological polar surface area (TPSA) is 47.4 Å². The van der Waals surface area contributed by atoms with E-state index in [1.807, 2.05) is 53.6 Å². The Labute approximate surface area is 165 Å². The predicted molar refractivity (Wildman–Crippen MR) is 109 cm³/mol. The summed E-state index contributed by atoms with van der Waals surface area (Å²) in [5.74, 6) is 1.31. The number of likely N-dealkylation sites (tertiary alicyclic amines) is 1. The molecule has 1 unspecified atom stereocenters. The number of carbonyl (C=O) groups excluding carboxylic acids is 1. The van der Waals surface area contributed by atoms with Crippen LogP contribution in [0, 0.1) is 0 Å². The molecule has 2 aromatic carbocycles. The Balaban J connectivity index is 1.54. The minimum absolute atomic E-state index is 0.0921. The largest absolute Gasteiger partial charge is 0.497 e. The van der Waals surface area contributed by atoms with Crippen molar-refractivity contribution in [2.45, 2.75) is 25.2 Å². The van der Waals surface area contributed by atoms with Crippen molar-refractivity contribution in [1.82, 2.24) is 14.7 Å². The fraction of sp³-hybridized carbons (Fsp3) is 0.304. The monoisotopic (exact) mass is 375 g/mol. The molecular formula is C23H25N3O2. The number of rotatable bonds is 4. The van der Waals surface area contributed by atoms with Crippen LogP contribution in [0.2, 0.25) is 0 Å². The van der Waals surface area contributed by atoms with Crippen LogP contribution in [0.4, 0.5) is 0 Å². The number of carbonyl (C=O) groups is 1. The van der Waals surface area contributed by atoms with E-state index < -0.39 is 0 Å². The summed E-state index contributed by atoms with van der Waals surface area (Å²) in [6.45, 7) is 1.55. The molecule has 5 heteroatoms. The summed E-state index contributed by atoms with van der Waals surface area (Å²) >= 11 is 0. The normalized spacial score (nSPS) is 17.2. The molecule has 1 aliphatic heterocycles. The molecule has 0 spiro atoms. The zero-order valence-electron chi connectivity index (χ0n) is 16.1. The lowest BCUT2D eigenvalue weighted by molar-refractivity contribution is 0.0754. The molecule has 4 rings (SSSR count). The average Bonchev–Trinajstić information content (AvgIpc) is 3.18. The van der Waals surface area contributed by atoms with Crippen molar-refractivity contribution in [2.75, 3.05) is 20.2 Å². The molecule has 1 saturated heterocycles. The van der Waals surface area contributed by atoms with Crippen LogP contribution in [-0.4, -0.2) is 40.8 Å². The highest BCUT2D eigenvalue weighted by molar-refractivity contribution is 5.94. The Morgan fingerprint density at radius 1 is 1.11 bits per heavy atom. The lowest BCUT2D eigenvalue weighted by atomic mass is 9.94. The number of hydrogen-bond acceptors (Lipinski definition) is 3. The van der Waals surface area contributed by atoms with Gasteiger partial charge in [-0.05, 0) is 54.8 Å². The Morgan fingerprint density at radius 3 is 2.71 bits per heavy atom. The first-order valence-corrected chi connectivity index (χ1v) is 9.78. The number of hydrogen-bond donors (Lipinski definition) is 0. The van der Waals surface area contributed by atoms with Crippen molar-refractivity contribution in [1.29, 1.82) is 0 Å². The van der Waals surface area contributed by atoms with Gasteiger partial charge < -0.3 is 9.64 Å². The fourth-order valence-electron chi connectivity index (χ4n) is 3.86. The summed E-state index contributed by atoms with van der Waals surface area (Å²) in [5, 5.41) is 4.26. The molecule has 1 amide bonds. The highest BCUT2D eigenvalue weighted by Gasteiger charge is 2.24. The molecule has 0 aliphatic carbocycles. The van der Waals surface area contributed by atoms with Crippen molar-refractivity contribution >= 4 is 5.91 Å². The van der Waals surface area contributed by atoms with E-state index in [0.29, 0.717) is 11.5 Å². The second-order valence-electron chi connectivity index (χ2n) is 7.22. The minimum Gasteiger partial charge on any atom is -0.497 e. The number of methoxy groups -OCH3 is 1. The molecule has 3 aromatic rings. The van der Waals surface area contributed by atoms with E-state index in [1.54, 1.807) is 18.0 Å². The Hall–Kier alpha value is -3.08. The minimum atomic E-state index is 0.0921. The van der Waals surface area contributed by atoms with Gasteiger partial charge in [0.05, 0.1) is 12.8 Å². The summed E-state index contributed by atoms with van der Waals surface area (Å²) in [4.78, 5) is 15.2. The van der Waals surface area contributed by atoms with Crippen LogP contribution in [0.25, 0.3) is 5.69 Å². The van der Waals surface area contributed by atoms with Crippen LogP contribution >= 0.6 is 0 Å². The number of aromatic nitrogens is 2. The molecule has 2 heterocycles. The van der Waals surface area contributed by atoms with Crippen LogP contribution in [0.5, 0.6) is 5.75 Å². The standard InChI is InChI=1S/C23H25N3O2/c1-28-22-11-9-18(10-12-22)20-6-2-3-14-25(17-20)23(27)19-7-4-8-21(16-19)26-15-5-13-24-26/h4-5,7-13,15-16,20H,2-3,6,14,17H2,1H3. The molecule has 0 bridgehead atoms. The van der Waals surface area contributed by atoms with E-state index in [9.17, 15) is 4.79 Å². The zero-order chi connectivity index (χ0) is 19.3. The van der Waals surface area contributed by atoms with Gasteiger partial charge in [0.25, 0.3) is 5.91 Å². The second-order valence-corrected chi connectivity index (χ2v) is 7.22. The first-order valence-electron chi connectivity index (χ1n) is 9.78. The van der Waals surface area contributed by atoms with Crippen molar-refractivity contribution < 1.29 is 9.53 Å². The summed E-state index contributed by atoms with van der Waals surface area (Å²) in [7, 11) is 1.68. The van der Waals surface area contributed by atoms with Gasteiger partial charge in [-0.3, -0.25) is 4.79 Å². The van der Waals surface area contributed by atoms with E-state index in [0.717, 1.165) is 43.8 Å². The van der Waals surface area contributed by atoms with E-state index in [4.69, 9.17) is 4.74 Å². The Bertz CT molecular complexity index is 919. The third-order valence-electron chi connectivity index (χ3n) is 5.41. The third kappa shape index (κ3) is 3.93. The van der Waals surface area contributed by atoms with E-state index >= 15 is 0 Å². The maximum atomic E-state index is 13.2. The van der Waals surface area contributed by atoms with E-state index in [-0.39, 0.29) is 5.91 Å². The highest BCUT2D eigenvalue weighted by Crippen LogP contribution is 2.28. The summed E-state index contributed by atoms with van der Waals surface area (Å²) in [6.07, 6.45) is 6.90. The number of ether oxygens (including phenoxy) is 1. The van der Waals surface area contributed by atoms with Gasteiger partial charge >= 0.3 is 0 Å². The molecule has 5 nitrogen and oxygen atoms in total. The molecule has 1 aromatic heterocycles. The summed E-state index contributed by atoms with van der Waals surface area (Å²) in [6, 6.07) is 17.8. The molecule has 28 heavy (non-hydrogen) atoms. The molecule has 1 atom stereocenters. The van der Waals surface area contributed by atoms with Crippen molar-refractivity contribution in [3.05, 3.63) is 78.1 Å². The molecule has 144 valence electrons. The summed E-state index contributed by atoms with van der Waals surface area (Å²) < 4.78 is 7.05. The highest BCUT2D eigenvalue weighted by atomic mass is 16.5. The quantitative estimate of drug-likeness (QED) is 0.683. The van der Waals surface area contributed by atoms with Crippen LogP contribution < -0.4 is 4.74 Å². The maximum Gasteiger partial charge on any atom is 0.253 e. The van der Waals surface area contributed by atoms with Crippen LogP contribution in [0.3, 0.4) is 0 Å². The first-order chi connectivity index (χ1) is 13.7. The lowest BCUT2D eigenvalue weighted by Crippen LogP contribution is -2.34. The van der Waals surface area contributed by atoms with Crippen LogP contribution in [-0.2, 0) is 0 Å². The third-order valence-corrected chi connectivity index (χ3v) is 5.41. The SMILES string of the molecule is COc1ccc(C2CCCCN(C(=O)c3cccc(-n4cccn4)c3)C2)cc1. The molecule has 0 saturated carbocycles. The maximum absolute atomic E-state index is 13.2. The van der Waals surface area contributed by atoms with E-state index in [1.165, 1.54) is 5.56 Å². The van der Waals surface area contributed by atoms with Gasteiger partial charge in [0.2, 0.25) is 0 Å². The second kappa shape index (κ2) is 8.30. The molecular weight excluding hydrogens is 350 g/mol. The van der Waals surface area contributed by atoms with Gasteiger partial charge in [0.1, 0.15) is 5.75 Å². The van der Waals surface area contributed by atoms with Gasteiger partial charge in [0.15, 0.2) is 0 Å². The van der Waals surface area contributed by atoms with Crippen LogP contribution in [0.15, 0.2) is 67.0 Å². The number of amides is 1. The molecule has 0 N–H and O–H groups in total. The zero-order valence-corrected chi connectivity index (χ0v) is 16.1. The van der Waals surface area contributed by atoms with Crippen molar-refractivity contribution in [3.8, 4) is 11.4 Å². The van der Waals surface area contributed by atoms with Gasteiger partial charge in [-0.25, -0.2) is 4.68 Å². The van der Waals surface area contributed by atoms with Gasteiger partial charge in [0, 0.05) is 37.0 Å². The fourth-order valence-corrected chi connectivity index (χ4v) is 3.86. The number of benzene rings is 2.